The van der Waals surface area contributed by atoms with E-state index in [0.717, 1.165) is 22.0 Å². The van der Waals surface area contributed by atoms with Crippen LogP contribution in [0.4, 0.5) is 4.39 Å². The zero-order valence-electron chi connectivity index (χ0n) is 14.1. The van der Waals surface area contributed by atoms with Gasteiger partial charge >= 0.3 is 5.97 Å². The maximum Gasteiger partial charge on any atom is 0.324 e. The lowest BCUT2D eigenvalue weighted by molar-refractivity contribution is -0.147. The molecule has 0 heterocycles. The molecule has 2 aromatic rings. The molecule has 0 N–H and O–H groups in total. The zero-order valence-corrected chi connectivity index (χ0v) is 14.9. The number of ether oxygens (including phenoxy) is 1. The maximum atomic E-state index is 13.1. The Balaban J connectivity index is 2.42. The Hall–Kier alpha value is -2.25. The van der Waals surface area contributed by atoms with Crippen LogP contribution in [0.2, 0.25) is 0 Å². The van der Waals surface area contributed by atoms with Gasteiger partial charge in [0.15, 0.2) is 0 Å². The van der Waals surface area contributed by atoms with Gasteiger partial charge in [0.2, 0.25) is 10.0 Å². The van der Waals surface area contributed by atoms with Crippen molar-refractivity contribution in [3.8, 4) is 0 Å². The van der Waals surface area contributed by atoms with Crippen LogP contribution in [0, 0.1) is 5.82 Å². The predicted molar refractivity (Wildman–Crippen MR) is 91.7 cm³/mol. The molecular weight excluding hydrogens is 345 g/mol. The number of esters is 1. The molecule has 0 aromatic heterocycles. The Labute approximate surface area is 147 Å². The molecule has 0 spiro atoms. The topological polar surface area (TPSA) is 63.7 Å². The van der Waals surface area contributed by atoms with Crippen LogP contribution in [-0.2, 0) is 26.1 Å². The molecule has 0 fully saturated rings. The van der Waals surface area contributed by atoms with Gasteiger partial charge in [-0.1, -0.05) is 30.3 Å². The Morgan fingerprint density at radius 1 is 1.12 bits per heavy atom. The number of halogens is 1. The molecule has 5 nitrogen and oxygen atoms in total. The molecule has 7 heteroatoms. The van der Waals surface area contributed by atoms with E-state index in [9.17, 15) is 17.6 Å². The highest BCUT2D eigenvalue weighted by atomic mass is 32.2. The molecule has 0 aliphatic carbocycles. The number of carbonyl (C=O) groups is 1. The van der Waals surface area contributed by atoms with Gasteiger partial charge in [-0.15, -0.1) is 0 Å². The molecule has 0 saturated carbocycles. The van der Waals surface area contributed by atoms with Crippen molar-refractivity contribution in [2.45, 2.75) is 31.3 Å². The van der Waals surface area contributed by atoms with Crippen molar-refractivity contribution in [3.05, 3.63) is 66.0 Å². The monoisotopic (exact) mass is 365 g/mol. The van der Waals surface area contributed by atoms with E-state index < -0.39 is 27.9 Å². The maximum absolute atomic E-state index is 13.1. The lowest BCUT2D eigenvalue weighted by atomic mass is 10.2. The van der Waals surface area contributed by atoms with Crippen LogP contribution >= 0.6 is 0 Å². The molecule has 1 atom stereocenters. The number of hydrogen-bond acceptors (Lipinski definition) is 4. The fraction of sp³-hybridized carbons (Fsp3) is 0.278. The third-order valence-electron chi connectivity index (χ3n) is 3.66. The third kappa shape index (κ3) is 4.64. The van der Waals surface area contributed by atoms with E-state index in [1.807, 2.05) is 6.07 Å². The number of benzene rings is 2. The van der Waals surface area contributed by atoms with E-state index in [0.29, 0.717) is 0 Å². The average Bonchev–Trinajstić information content (AvgIpc) is 2.60. The second-order valence-electron chi connectivity index (χ2n) is 5.42. The minimum Gasteiger partial charge on any atom is -0.465 e. The summed E-state index contributed by atoms with van der Waals surface area (Å²) in [7, 11) is -4.01. The standard InChI is InChI=1S/C18H20FNO4S/c1-3-24-18(21)14(2)20(13-15-7-5-4-6-8-15)25(22,23)17-11-9-16(19)10-12-17/h4-12,14H,3,13H2,1-2H3. The first-order chi connectivity index (χ1) is 11.9. The highest BCUT2D eigenvalue weighted by molar-refractivity contribution is 7.89. The normalized spacial score (nSPS) is 12.8. The van der Waals surface area contributed by atoms with E-state index >= 15 is 0 Å². The van der Waals surface area contributed by atoms with E-state index in [4.69, 9.17) is 4.74 Å². The van der Waals surface area contributed by atoms with E-state index in [-0.39, 0.29) is 18.0 Å². The van der Waals surface area contributed by atoms with Crippen molar-refractivity contribution < 1.29 is 22.3 Å². The van der Waals surface area contributed by atoms with Gasteiger partial charge in [-0.25, -0.2) is 12.8 Å². The van der Waals surface area contributed by atoms with Crippen LogP contribution in [0.3, 0.4) is 0 Å². The smallest absolute Gasteiger partial charge is 0.324 e. The number of nitrogens with zero attached hydrogens (tertiary/aromatic N) is 1. The first-order valence-electron chi connectivity index (χ1n) is 7.84. The molecule has 0 aliphatic rings. The number of hydrogen-bond donors (Lipinski definition) is 0. The summed E-state index contributed by atoms with van der Waals surface area (Å²) in [4.78, 5) is 12.0. The Morgan fingerprint density at radius 3 is 2.28 bits per heavy atom. The second-order valence-corrected chi connectivity index (χ2v) is 7.31. The first-order valence-corrected chi connectivity index (χ1v) is 9.28. The van der Waals surface area contributed by atoms with E-state index in [1.165, 1.54) is 19.1 Å². The van der Waals surface area contributed by atoms with Crippen molar-refractivity contribution >= 4 is 16.0 Å². The van der Waals surface area contributed by atoms with Gasteiger partial charge in [-0.2, -0.15) is 4.31 Å². The van der Waals surface area contributed by atoms with Gasteiger partial charge < -0.3 is 4.74 Å². The average molecular weight is 365 g/mol. The number of carbonyl (C=O) groups excluding carboxylic acids is 1. The van der Waals surface area contributed by atoms with Crippen molar-refractivity contribution in [2.24, 2.45) is 0 Å². The van der Waals surface area contributed by atoms with Gasteiger partial charge in [0.05, 0.1) is 11.5 Å². The summed E-state index contributed by atoms with van der Waals surface area (Å²) in [5.74, 6) is -1.17. The van der Waals surface area contributed by atoms with E-state index in [2.05, 4.69) is 0 Å². The molecule has 134 valence electrons. The molecule has 25 heavy (non-hydrogen) atoms. The fourth-order valence-corrected chi connectivity index (χ4v) is 3.89. The summed E-state index contributed by atoms with van der Waals surface area (Å²) in [5.41, 5.74) is 0.726. The summed E-state index contributed by atoms with van der Waals surface area (Å²) < 4.78 is 45.1. The van der Waals surface area contributed by atoms with Gasteiger partial charge in [0.1, 0.15) is 11.9 Å². The van der Waals surface area contributed by atoms with Crippen molar-refractivity contribution in [1.82, 2.24) is 4.31 Å². The second kappa shape index (κ2) is 8.22. The van der Waals surface area contributed by atoms with Crippen LogP contribution in [0.25, 0.3) is 0 Å². The SMILES string of the molecule is CCOC(=O)C(C)N(Cc1ccccc1)S(=O)(=O)c1ccc(F)cc1. The van der Waals surface area contributed by atoms with Crippen molar-refractivity contribution in [2.75, 3.05) is 6.61 Å². The van der Waals surface area contributed by atoms with Gasteiger partial charge in [-0.3, -0.25) is 4.79 Å². The molecule has 2 rings (SSSR count). The van der Waals surface area contributed by atoms with Crippen molar-refractivity contribution in [1.29, 1.82) is 0 Å². The molecule has 0 radical (unpaired) electrons. The summed E-state index contributed by atoms with van der Waals surface area (Å²) in [5, 5.41) is 0. The van der Waals surface area contributed by atoms with Crippen LogP contribution < -0.4 is 0 Å². The molecule has 0 aliphatic heterocycles. The van der Waals surface area contributed by atoms with Gasteiger partial charge in [0, 0.05) is 6.54 Å². The third-order valence-corrected chi connectivity index (χ3v) is 5.59. The highest BCUT2D eigenvalue weighted by Crippen LogP contribution is 2.22. The lowest BCUT2D eigenvalue weighted by Gasteiger charge is -2.27. The molecule has 0 bridgehead atoms. The van der Waals surface area contributed by atoms with Crippen LogP contribution in [0.15, 0.2) is 59.5 Å². The molecule has 0 amide bonds. The van der Waals surface area contributed by atoms with Crippen LogP contribution in [0.1, 0.15) is 19.4 Å². The molecule has 1 unspecified atom stereocenters. The van der Waals surface area contributed by atoms with Gasteiger partial charge in [-0.05, 0) is 43.7 Å². The number of sulfonamides is 1. The first kappa shape index (κ1) is 19.1. The molecule has 0 saturated heterocycles. The Kier molecular flexibility index (Phi) is 6.27. The Morgan fingerprint density at radius 2 is 1.72 bits per heavy atom. The molecule has 2 aromatic carbocycles. The van der Waals surface area contributed by atoms with E-state index in [1.54, 1.807) is 31.2 Å². The zero-order chi connectivity index (χ0) is 18.4. The Bertz CT molecular complexity index is 807. The summed E-state index contributed by atoms with van der Waals surface area (Å²) >= 11 is 0. The fourth-order valence-electron chi connectivity index (χ4n) is 2.32. The van der Waals surface area contributed by atoms with Crippen LogP contribution in [-0.4, -0.2) is 31.3 Å². The number of rotatable bonds is 7. The van der Waals surface area contributed by atoms with Crippen LogP contribution in [0.5, 0.6) is 0 Å². The molecular formula is C18H20FNO4S. The van der Waals surface area contributed by atoms with Gasteiger partial charge in [0.25, 0.3) is 0 Å². The quantitative estimate of drug-likeness (QED) is 0.708. The highest BCUT2D eigenvalue weighted by Gasteiger charge is 2.34. The summed E-state index contributed by atoms with van der Waals surface area (Å²) in [6.07, 6.45) is 0. The summed E-state index contributed by atoms with van der Waals surface area (Å²) in [6, 6.07) is 12.4. The minimum absolute atomic E-state index is 0.000527. The predicted octanol–water partition coefficient (Wildman–Crippen LogP) is 2.97. The van der Waals surface area contributed by atoms with Crippen molar-refractivity contribution in [3.63, 3.8) is 0 Å². The lowest BCUT2D eigenvalue weighted by Crippen LogP contribution is -2.43. The largest absolute Gasteiger partial charge is 0.465 e. The minimum atomic E-state index is -4.01. The summed E-state index contributed by atoms with van der Waals surface area (Å²) in [6.45, 7) is 3.28.